The monoisotopic (exact) mass is 768 g/mol. The molecular weight excluding hydrogens is 718 g/mol. The molecule has 1 heterocycles. The van der Waals surface area contributed by atoms with Gasteiger partial charge in [-0.25, -0.2) is 0 Å². The molecule has 0 aliphatic carbocycles. The standard InChI is InChI=1S/C39H52N4O8.Zn/c1-4-29(5-2)18-19-35(45)43-21-12-17-32(25-43)37(47)41-34(24-36(46)51-27-31-15-10-7-11-16-31)39(49)42-33(23-30-13-8-6-9-14-30)38(48)40-20-22-50-26-28(3)44;/h6-11,13-16,29,32-34H,1-2,4-5,12,17-27H2,3H3,(H,40,48)(H,41,47)(H,42,49);/q-2;+2/t32-,33+,34+;/m1./s1. The summed E-state index contributed by atoms with van der Waals surface area (Å²) in [5.74, 6) is -2.94. The number of likely N-dealkylation sites (tertiary alicyclic amines) is 1. The Kier molecular flexibility index (Phi) is 20.7. The Morgan fingerprint density at radius 1 is 0.885 bits per heavy atom. The van der Waals surface area contributed by atoms with Gasteiger partial charge in [-0.1, -0.05) is 66.6 Å². The van der Waals surface area contributed by atoms with E-state index in [0.29, 0.717) is 45.1 Å². The van der Waals surface area contributed by atoms with Gasteiger partial charge in [-0.2, -0.15) is 12.8 Å². The molecule has 4 amide bonds. The van der Waals surface area contributed by atoms with Gasteiger partial charge in [0, 0.05) is 32.5 Å². The number of benzene rings is 2. The number of hydrogen-bond acceptors (Lipinski definition) is 8. The molecule has 0 spiro atoms. The maximum absolute atomic E-state index is 13.9. The first-order valence-corrected chi connectivity index (χ1v) is 17.6. The number of nitrogens with zero attached hydrogens (tertiary/aromatic N) is 1. The Morgan fingerprint density at radius 3 is 2.17 bits per heavy atom. The fraction of sp³-hybridized carbons (Fsp3) is 0.487. The van der Waals surface area contributed by atoms with E-state index in [9.17, 15) is 28.8 Å². The number of ketones is 1. The number of piperidine rings is 1. The van der Waals surface area contributed by atoms with Crippen LogP contribution in [0.3, 0.4) is 0 Å². The molecule has 1 saturated heterocycles. The molecule has 52 heavy (non-hydrogen) atoms. The van der Waals surface area contributed by atoms with Crippen LogP contribution < -0.4 is 16.0 Å². The van der Waals surface area contributed by atoms with Crippen LogP contribution in [-0.2, 0) is 70.7 Å². The van der Waals surface area contributed by atoms with Gasteiger partial charge in [-0.3, -0.25) is 28.8 Å². The average molecular weight is 770 g/mol. The molecular formula is C39H52N4O8Zn. The summed E-state index contributed by atoms with van der Waals surface area (Å²) in [5, 5.41) is 8.19. The van der Waals surface area contributed by atoms with Crippen molar-refractivity contribution in [2.75, 3.05) is 32.8 Å². The van der Waals surface area contributed by atoms with Crippen molar-refractivity contribution in [1.29, 1.82) is 0 Å². The van der Waals surface area contributed by atoms with Crippen LogP contribution in [0, 0.1) is 25.7 Å². The molecule has 0 aromatic heterocycles. The third-order valence-electron chi connectivity index (χ3n) is 8.74. The van der Waals surface area contributed by atoms with Crippen LogP contribution in [0.15, 0.2) is 60.7 Å². The zero-order chi connectivity index (χ0) is 37.0. The smallest absolute Gasteiger partial charge is 0.461 e. The summed E-state index contributed by atoms with van der Waals surface area (Å²) >= 11 is 0. The predicted octanol–water partition coefficient (Wildman–Crippen LogP) is 3.13. The molecule has 278 valence electrons. The maximum Gasteiger partial charge on any atom is 2.00 e. The van der Waals surface area contributed by atoms with Gasteiger partial charge >= 0.3 is 25.4 Å². The molecule has 0 bridgehead atoms. The Morgan fingerprint density at radius 2 is 1.54 bits per heavy atom. The van der Waals surface area contributed by atoms with Gasteiger partial charge in [0.25, 0.3) is 0 Å². The van der Waals surface area contributed by atoms with Crippen molar-refractivity contribution in [2.45, 2.75) is 77.0 Å². The number of rotatable bonds is 21. The zero-order valence-corrected chi connectivity index (χ0v) is 33.3. The minimum atomic E-state index is -1.35. The Balaban J connectivity index is 0.00000936. The number of ether oxygens (including phenoxy) is 2. The predicted molar refractivity (Wildman–Crippen MR) is 191 cm³/mol. The van der Waals surface area contributed by atoms with E-state index in [0.717, 1.165) is 11.1 Å². The number of carbonyl (C=O) groups excluding carboxylic acids is 6. The summed E-state index contributed by atoms with van der Waals surface area (Å²) in [4.78, 5) is 79.7. The Hall–Kier alpha value is -3.96. The summed E-state index contributed by atoms with van der Waals surface area (Å²) < 4.78 is 10.7. The van der Waals surface area contributed by atoms with E-state index in [1.165, 1.54) is 6.92 Å². The summed E-state index contributed by atoms with van der Waals surface area (Å²) in [5.41, 5.74) is 1.53. The van der Waals surface area contributed by atoms with E-state index in [1.54, 1.807) is 17.0 Å². The SMILES string of the molecule is [CH2-]CC(C[CH2-])CCC(=O)N1CCC[C@@H](C(=O)N[C@@H](CC(=O)OCc2ccccc2)C(=O)N[C@@H](Cc2ccccc2)C(=O)NCCOCC(C)=O)C1.[Zn+2]. The van der Waals surface area contributed by atoms with Crippen molar-refractivity contribution in [3.05, 3.63) is 85.6 Å². The van der Waals surface area contributed by atoms with Crippen molar-refractivity contribution in [3.8, 4) is 0 Å². The van der Waals surface area contributed by atoms with Gasteiger partial charge in [0.15, 0.2) is 5.78 Å². The third kappa shape index (κ3) is 16.2. The number of Topliss-reactive ketones (excluding diaryl/α,β-unsaturated/α-hetero) is 1. The summed E-state index contributed by atoms with van der Waals surface area (Å²) in [7, 11) is 0. The van der Waals surface area contributed by atoms with Crippen LogP contribution in [0.1, 0.15) is 63.0 Å². The van der Waals surface area contributed by atoms with E-state index in [1.807, 2.05) is 48.5 Å². The largest absolute Gasteiger partial charge is 2.00 e. The van der Waals surface area contributed by atoms with Gasteiger partial charge in [0.1, 0.15) is 25.3 Å². The zero-order valence-electron chi connectivity index (χ0n) is 30.3. The minimum absolute atomic E-state index is 0. The number of hydrogen-bond donors (Lipinski definition) is 3. The quantitative estimate of drug-likeness (QED) is 0.0756. The Bertz CT molecular complexity index is 1420. The molecule has 0 saturated carbocycles. The second-order valence-electron chi connectivity index (χ2n) is 12.9. The molecule has 2 aromatic rings. The molecule has 0 radical (unpaired) electrons. The van der Waals surface area contributed by atoms with Crippen molar-refractivity contribution >= 4 is 35.4 Å². The van der Waals surface area contributed by atoms with Gasteiger partial charge in [-0.05, 0) is 37.3 Å². The molecule has 13 heteroatoms. The van der Waals surface area contributed by atoms with Crippen molar-refractivity contribution in [3.63, 3.8) is 0 Å². The van der Waals surface area contributed by atoms with Crippen LogP contribution in [0.5, 0.6) is 0 Å². The van der Waals surface area contributed by atoms with Crippen LogP contribution in [-0.4, -0.2) is 85.2 Å². The number of nitrogens with one attached hydrogen (secondary N) is 3. The molecule has 1 aliphatic rings. The van der Waals surface area contributed by atoms with Gasteiger partial charge < -0.3 is 44.2 Å². The summed E-state index contributed by atoms with van der Waals surface area (Å²) in [6.07, 6.45) is 3.19. The number of amides is 4. The fourth-order valence-corrected chi connectivity index (χ4v) is 5.72. The molecule has 12 nitrogen and oxygen atoms in total. The second kappa shape index (κ2) is 24.3. The normalized spacial score (nSPS) is 15.1. The van der Waals surface area contributed by atoms with Crippen LogP contribution in [0.4, 0.5) is 0 Å². The van der Waals surface area contributed by atoms with Gasteiger partial charge in [0.05, 0.1) is 18.9 Å². The Labute approximate surface area is 320 Å². The summed E-state index contributed by atoms with van der Waals surface area (Å²) in [6.45, 7) is 10.1. The van der Waals surface area contributed by atoms with Gasteiger partial charge in [0.2, 0.25) is 23.6 Å². The van der Waals surface area contributed by atoms with E-state index in [2.05, 4.69) is 29.8 Å². The van der Waals surface area contributed by atoms with E-state index >= 15 is 0 Å². The van der Waals surface area contributed by atoms with Crippen molar-refractivity contribution < 1.29 is 57.7 Å². The van der Waals surface area contributed by atoms with Crippen LogP contribution in [0.25, 0.3) is 0 Å². The van der Waals surface area contributed by atoms with E-state index < -0.39 is 48.1 Å². The molecule has 3 atom stereocenters. The molecule has 3 rings (SSSR count). The van der Waals surface area contributed by atoms with Crippen molar-refractivity contribution in [1.82, 2.24) is 20.9 Å². The van der Waals surface area contributed by atoms with Gasteiger partial charge in [-0.15, -0.1) is 0 Å². The second-order valence-corrected chi connectivity index (χ2v) is 12.9. The number of esters is 1. The van der Waals surface area contributed by atoms with Crippen LogP contribution in [0.2, 0.25) is 0 Å². The summed E-state index contributed by atoms with van der Waals surface area (Å²) in [6, 6.07) is 15.7. The minimum Gasteiger partial charge on any atom is -0.461 e. The number of carbonyl (C=O) groups is 6. The topological polar surface area (TPSA) is 160 Å². The first kappa shape index (κ1) is 44.2. The van der Waals surface area contributed by atoms with E-state index in [-0.39, 0.29) is 76.4 Å². The third-order valence-corrected chi connectivity index (χ3v) is 8.74. The van der Waals surface area contributed by atoms with Crippen LogP contribution >= 0.6 is 0 Å². The van der Waals surface area contributed by atoms with E-state index in [4.69, 9.17) is 9.47 Å². The van der Waals surface area contributed by atoms with Crippen molar-refractivity contribution in [2.24, 2.45) is 11.8 Å². The fourth-order valence-electron chi connectivity index (χ4n) is 5.72. The first-order valence-electron chi connectivity index (χ1n) is 17.6. The molecule has 0 unspecified atom stereocenters. The molecule has 3 N–H and O–H groups in total. The molecule has 1 aliphatic heterocycles. The molecule has 2 aromatic carbocycles. The first-order chi connectivity index (χ1) is 24.6. The molecule has 1 fully saturated rings. The average Bonchev–Trinajstić information content (AvgIpc) is 3.14. The maximum atomic E-state index is 13.9.